The van der Waals surface area contributed by atoms with Crippen LogP contribution in [0.25, 0.3) is 11.1 Å². The number of nitro groups is 1. The minimum atomic E-state index is -0.527. The Morgan fingerprint density at radius 3 is 2.78 bits per heavy atom. The molecule has 0 aliphatic heterocycles. The molecule has 1 aromatic heterocycles. The number of esters is 1. The molecule has 11 heteroatoms. The van der Waals surface area contributed by atoms with Crippen molar-refractivity contribution in [3.05, 3.63) is 68.6 Å². The maximum atomic E-state index is 14.6. The molecule has 1 N–H and O–H groups in total. The molecule has 1 heterocycles. The van der Waals surface area contributed by atoms with E-state index in [4.69, 9.17) is 9.47 Å². The van der Waals surface area contributed by atoms with Crippen LogP contribution in [0.15, 0.2) is 47.1 Å². The van der Waals surface area contributed by atoms with Gasteiger partial charge in [0.2, 0.25) is 5.88 Å². The van der Waals surface area contributed by atoms with Crippen LogP contribution in [0.4, 0.5) is 15.8 Å². The molecule has 2 aromatic carbocycles. The number of halogens is 2. The van der Waals surface area contributed by atoms with Crippen molar-refractivity contribution in [2.75, 3.05) is 25.1 Å². The molecule has 9 nitrogen and oxygen atoms in total. The Balaban J connectivity index is 1.58. The fourth-order valence-corrected chi connectivity index (χ4v) is 4.01. The van der Waals surface area contributed by atoms with E-state index in [2.05, 4.69) is 26.3 Å². The fraction of sp³-hybridized carbons (Fsp3) is 0.360. The van der Waals surface area contributed by atoms with Gasteiger partial charge < -0.3 is 14.8 Å². The van der Waals surface area contributed by atoms with Gasteiger partial charge in [0.05, 0.1) is 35.5 Å². The first kappa shape index (κ1) is 27.1. The molecule has 0 fully saturated rings. The lowest BCUT2D eigenvalue weighted by atomic mass is 10.0. The van der Waals surface area contributed by atoms with Gasteiger partial charge >= 0.3 is 5.97 Å². The van der Waals surface area contributed by atoms with E-state index in [1.54, 1.807) is 26.1 Å². The van der Waals surface area contributed by atoms with Gasteiger partial charge in [-0.3, -0.25) is 10.1 Å². The molecule has 0 saturated carbocycles. The van der Waals surface area contributed by atoms with Gasteiger partial charge in [-0.05, 0) is 56.0 Å². The molecule has 0 spiro atoms. The second kappa shape index (κ2) is 12.5. The molecule has 192 valence electrons. The number of nitrogens with one attached hydrogen (secondary N) is 1. The summed E-state index contributed by atoms with van der Waals surface area (Å²) in [6.07, 6.45) is 3.01. The highest BCUT2D eigenvalue weighted by atomic mass is 79.9. The van der Waals surface area contributed by atoms with E-state index in [1.807, 2.05) is 6.92 Å². The SMILES string of the molecule is CCOC(=O)c1ccc(F)c(-c2cnn(C)c2OCCC[C@@H](C)CNc2cc(Br)ccc2[N+](=O)[O-])c1. The molecule has 36 heavy (non-hydrogen) atoms. The van der Waals surface area contributed by atoms with Crippen LogP contribution in [0.2, 0.25) is 0 Å². The van der Waals surface area contributed by atoms with Gasteiger partial charge in [0, 0.05) is 29.7 Å². The highest BCUT2D eigenvalue weighted by Crippen LogP contribution is 2.33. The third-order valence-corrected chi connectivity index (χ3v) is 6.02. The molecule has 3 aromatic rings. The van der Waals surface area contributed by atoms with Gasteiger partial charge in [-0.25, -0.2) is 13.9 Å². The van der Waals surface area contributed by atoms with Crippen molar-refractivity contribution in [1.82, 2.24) is 9.78 Å². The standard InChI is InChI=1S/C25H28BrFN4O5/c1-4-35-25(32)17-7-9-21(27)19(12-17)20-15-29-30(3)24(20)36-11-5-6-16(2)14-28-22-13-18(26)8-10-23(22)31(33)34/h7-10,12-13,15-16,28H,4-6,11,14H2,1-3H3/t16-/m1/s1. The van der Waals surface area contributed by atoms with Crippen LogP contribution in [-0.2, 0) is 11.8 Å². The lowest BCUT2D eigenvalue weighted by molar-refractivity contribution is -0.384. The Morgan fingerprint density at radius 2 is 2.06 bits per heavy atom. The summed E-state index contributed by atoms with van der Waals surface area (Å²) in [5.74, 6) is -0.412. The maximum absolute atomic E-state index is 14.6. The van der Waals surface area contributed by atoms with Gasteiger partial charge in [-0.1, -0.05) is 22.9 Å². The zero-order valence-electron chi connectivity index (χ0n) is 20.3. The van der Waals surface area contributed by atoms with E-state index in [0.29, 0.717) is 36.7 Å². The van der Waals surface area contributed by atoms with E-state index < -0.39 is 16.7 Å². The monoisotopic (exact) mass is 562 g/mol. The molecule has 0 saturated heterocycles. The Bertz CT molecular complexity index is 1230. The van der Waals surface area contributed by atoms with Crippen molar-refractivity contribution in [2.45, 2.75) is 26.7 Å². The summed E-state index contributed by atoms with van der Waals surface area (Å²) in [6.45, 7) is 4.90. The molecular weight excluding hydrogens is 535 g/mol. The van der Waals surface area contributed by atoms with E-state index in [-0.39, 0.29) is 29.3 Å². The maximum Gasteiger partial charge on any atom is 0.338 e. The summed E-state index contributed by atoms with van der Waals surface area (Å²) in [5.41, 5.74) is 1.38. The third kappa shape index (κ3) is 6.81. The molecule has 0 aliphatic carbocycles. The number of nitrogens with zero attached hydrogens (tertiary/aromatic N) is 3. The Hall–Kier alpha value is -3.47. The number of ether oxygens (including phenoxy) is 2. The normalized spacial score (nSPS) is 11.7. The van der Waals surface area contributed by atoms with E-state index in [1.165, 1.54) is 35.1 Å². The number of aryl methyl sites for hydroxylation is 1. The number of anilines is 1. The Kier molecular flexibility index (Phi) is 9.40. The summed E-state index contributed by atoms with van der Waals surface area (Å²) < 4.78 is 27.9. The number of hydrogen-bond donors (Lipinski definition) is 1. The van der Waals surface area contributed by atoms with Crippen molar-refractivity contribution < 1.29 is 23.6 Å². The molecular formula is C25H28BrFN4O5. The summed E-state index contributed by atoms with van der Waals surface area (Å²) >= 11 is 3.34. The quantitative estimate of drug-likeness (QED) is 0.125. The molecule has 0 aliphatic rings. The van der Waals surface area contributed by atoms with Crippen molar-refractivity contribution in [3.63, 3.8) is 0 Å². The minimum Gasteiger partial charge on any atom is -0.477 e. The van der Waals surface area contributed by atoms with Gasteiger partial charge in [0.25, 0.3) is 5.69 Å². The molecule has 0 amide bonds. The number of nitro benzene ring substituents is 1. The van der Waals surface area contributed by atoms with Gasteiger partial charge in [-0.2, -0.15) is 5.10 Å². The molecule has 1 atom stereocenters. The van der Waals surface area contributed by atoms with Crippen molar-refractivity contribution in [2.24, 2.45) is 13.0 Å². The highest BCUT2D eigenvalue weighted by molar-refractivity contribution is 9.10. The number of rotatable bonds is 12. The van der Waals surface area contributed by atoms with Crippen LogP contribution in [-0.4, -0.2) is 40.4 Å². The average molecular weight is 563 g/mol. The second-order valence-electron chi connectivity index (χ2n) is 8.30. The average Bonchev–Trinajstić information content (AvgIpc) is 3.20. The van der Waals surface area contributed by atoms with E-state index >= 15 is 0 Å². The lowest BCUT2D eigenvalue weighted by Gasteiger charge is -2.15. The van der Waals surface area contributed by atoms with Gasteiger partial charge in [0.15, 0.2) is 0 Å². The van der Waals surface area contributed by atoms with E-state index in [9.17, 15) is 19.3 Å². The zero-order chi connectivity index (χ0) is 26.2. The first-order valence-electron chi connectivity index (χ1n) is 11.5. The minimum absolute atomic E-state index is 0.0247. The number of hydrogen-bond acceptors (Lipinski definition) is 7. The topological polar surface area (TPSA) is 109 Å². The highest BCUT2D eigenvalue weighted by Gasteiger charge is 2.19. The largest absolute Gasteiger partial charge is 0.477 e. The first-order chi connectivity index (χ1) is 17.2. The van der Waals surface area contributed by atoms with Gasteiger partial charge in [-0.15, -0.1) is 0 Å². The number of benzene rings is 2. The number of aromatic nitrogens is 2. The molecule has 3 rings (SSSR count). The lowest BCUT2D eigenvalue weighted by Crippen LogP contribution is -2.14. The fourth-order valence-electron chi connectivity index (χ4n) is 3.65. The van der Waals surface area contributed by atoms with Crippen molar-refractivity contribution >= 4 is 33.3 Å². The van der Waals surface area contributed by atoms with Crippen LogP contribution in [0, 0.1) is 21.8 Å². The van der Waals surface area contributed by atoms with Crippen molar-refractivity contribution in [3.8, 4) is 17.0 Å². The predicted octanol–water partition coefficient (Wildman–Crippen LogP) is 5.98. The van der Waals surface area contributed by atoms with Crippen LogP contribution >= 0.6 is 15.9 Å². The molecule has 0 radical (unpaired) electrons. The van der Waals surface area contributed by atoms with Crippen LogP contribution in [0.1, 0.15) is 37.0 Å². The van der Waals surface area contributed by atoms with Gasteiger partial charge in [0.1, 0.15) is 11.5 Å². The van der Waals surface area contributed by atoms with E-state index in [0.717, 1.165) is 10.9 Å². The first-order valence-corrected chi connectivity index (χ1v) is 12.3. The number of carbonyl (C=O) groups excluding carboxylic acids is 1. The zero-order valence-corrected chi connectivity index (χ0v) is 21.9. The van der Waals surface area contributed by atoms with Crippen LogP contribution in [0.5, 0.6) is 5.88 Å². The molecule has 0 bridgehead atoms. The van der Waals surface area contributed by atoms with Crippen LogP contribution in [0.3, 0.4) is 0 Å². The summed E-state index contributed by atoms with van der Waals surface area (Å²) in [4.78, 5) is 22.9. The smallest absolute Gasteiger partial charge is 0.338 e. The summed E-state index contributed by atoms with van der Waals surface area (Å²) in [6, 6.07) is 8.83. The predicted molar refractivity (Wildman–Crippen MR) is 138 cm³/mol. The van der Waals surface area contributed by atoms with Crippen LogP contribution < -0.4 is 10.1 Å². The third-order valence-electron chi connectivity index (χ3n) is 5.53. The second-order valence-corrected chi connectivity index (χ2v) is 9.21. The Morgan fingerprint density at radius 1 is 1.28 bits per heavy atom. The molecule has 0 unspecified atom stereocenters. The number of carbonyl (C=O) groups is 1. The van der Waals surface area contributed by atoms with Crippen molar-refractivity contribution in [1.29, 1.82) is 0 Å². The Labute approximate surface area is 216 Å². The summed E-state index contributed by atoms with van der Waals surface area (Å²) in [7, 11) is 1.70. The summed E-state index contributed by atoms with van der Waals surface area (Å²) in [5, 5.41) is 18.6.